The molecular weight excluding hydrogens is 242 g/mol. The predicted octanol–water partition coefficient (Wildman–Crippen LogP) is 2.43. The van der Waals surface area contributed by atoms with Crippen molar-refractivity contribution in [3.63, 3.8) is 0 Å². The third kappa shape index (κ3) is 4.15. The summed E-state index contributed by atoms with van der Waals surface area (Å²) in [6, 6.07) is 1.58. The standard InChI is InChI=1S/C12H14ClNO3/c1-12(2,3)17-10(16)6-8-4-5-14-11(13)9(8)7-15/h4-5,7H,6H2,1-3H3. The minimum atomic E-state index is -0.546. The highest BCUT2D eigenvalue weighted by Gasteiger charge is 2.18. The molecule has 1 aromatic heterocycles. The van der Waals surface area contributed by atoms with Gasteiger partial charge in [-0.1, -0.05) is 11.6 Å². The molecule has 0 fully saturated rings. The van der Waals surface area contributed by atoms with E-state index in [1.54, 1.807) is 26.8 Å². The fourth-order valence-corrected chi connectivity index (χ4v) is 1.52. The second-order valence-corrected chi connectivity index (χ2v) is 4.91. The van der Waals surface area contributed by atoms with Crippen molar-refractivity contribution in [1.82, 2.24) is 4.98 Å². The number of aldehydes is 1. The van der Waals surface area contributed by atoms with Gasteiger partial charge >= 0.3 is 5.97 Å². The summed E-state index contributed by atoms with van der Waals surface area (Å²) < 4.78 is 5.16. The lowest BCUT2D eigenvalue weighted by molar-refractivity contribution is -0.153. The molecule has 0 spiro atoms. The summed E-state index contributed by atoms with van der Waals surface area (Å²) in [5.74, 6) is -0.400. The summed E-state index contributed by atoms with van der Waals surface area (Å²) in [5, 5.41) is 0.0982. The van der Waals surface area contributed by atoms with Crippen LogP contribution in [0.3, 0.4) is 0 Å². The number of ether oxygens (including phenoxy) is 1. The highest BCUT2D eigenvalue weighted by molar-refractivity contribution is 6.31. The van der Waals surface area contributed by atoms with Crippen LogP contribution in [0.2, 0.25) is 5.15 Å². The molecule has 0 radical (unpaired) electrons. The lowest BCUT2D eigenvalue weighted by Crippen LogP contribution is -2.25. The Morgan fingerprint density at radius 1 is 1.53 bits per heavy atom. The Morgan fingerprint density at radius 3 is 2.71 bits per heavy atom. The first-order valence-corrected chi connectivity index (χ1v) is 5.51. The number of rotatable bonds is 3. The van der Waals surface area contributed by atoms with Crippen molar-refractivity contribution in [2.45, 2.75) is 32.8 Å². The molecular formula is C12H14ClNO3. The molecule has 0 aliphatic heterocycles. The molecule has 0 atom stereocenters. The summed E-state index contributed by atoms with van der Waals surface area (Å²) >= 11 is 5.75. The molecule has 0 bridgehead atoms. The average molecular weight is 256 g/mol. The third-order valence-corrected chi connectivity index (χ3v) is 2.21. The normalized spacial score (nSPS) is 11.1. The van der Waals surface area contributed by atoms with Crippen LogP contribution in [0, 0.1) is 0 Å². The van der Waals surface area contributed by atoms with E-state index in [1.807, 2.05) is 0 Å². The molecule has 1 aromatic rings. The van der Waals surface area contributed by atoms with Gasteiger partial charge in [-0.3, -0.25) is 9.59 Å². The Morgan fingerprint density at radius 2 is 2.18 bits per heavy atom. The van der Waals surface area contributed by atoms with E-state index < -0.39 is 11.6 Å². The SMILES string of the molecule is CC(C)(C)OC(=O)Cc1ccnc(Cl)c1C=O. The highest BCUT2D eigenvalue weighted by atomic mass is 35.5. The molecule has 1 heterocycles. The Bertz CT molecular complexity index is 438. The van der Waals surface area contributed by atoms with Crippen molar-refractivity contribution in [2.24, 2.45) is 0 Å². The topological polar surface area (TPSA) is 56.3 Å². The van der Waals surface area contributed by atoms with Gasteiger partial charge in [0.15, 0.2) is 6.29 Å². The van der Waals surface area contributed by atoms with Crippen molar-refractivity contribution in [3.8, 4) is 0 Å². The average Bonchev–Trinajstić information content (AvgIpc) is 2.14. The number of aromatic nitrogens is 1. The van der Waals surface area contributed by atoms with E-state index in [2.05, 4.69) is 4.98 Å². The minimum Gasteiger partial charge on any atom is -0.460 e. The van der Waals surface area contributed by atoms with Gasteiger partial charge in [-0.05, 0) is 32.4 Å². The van der Waals surface area contributed by atoms with Gasteiger partial charge in [-0.25, -0.2) is 4.98 Å². The van der Waals surface area contributed by atoms with E-state index in [9.17, 15) is 9.59 Å². The van der Waals surface area contributed by atoms with Gasteiger partial charge in [0.05, 0.1) is 12.0 Å². The lowest BCUT2D eigenvalue weighted by Gasteiger charge is -2.19. The summed E-state index contributed by atoms with van der Waals surface area (Å²) in [7, 11) is 0. The zero-order valence-corrected chi connectivity index (χ0v) is 10.7. The summed E-state index contributed by atoms with van der Waals surface area (Å²) in [6.07, 6.45) is 2.05. The Labute approximate surface area is 105 Å². The van der Waals surface area contributed by atoms with Gasteiger partial charge in [0, 0.05) is 6.20 Å². The highest BCUT2D eigenvalue weighted by Crippen LogP contribution is 2.17. The molecule has 17 heavy (non-hydrogen) atoms. The number of halogens is 1. The molecule has 1 rings (SSSR count). The third-order valence-electron chi connectivity index (χ3n) is 1.90. The van der Waals surface area contributed by atoms with E-state index in [4.69, 9.17) is 16.3 Å². The largest absolute Gasteiger partial charge is 0.460 e. The number of esters is 1. The van der Waals surface area contributed by atoms with Crippen LogP contribution in [0.5, 0.6) is 0 Å². The molecule has 0 N–H and O–H groups in total. The van der Waals surface area contributed by atoms with Crippen LogP contribution in [0.25, 0.3) is 0 Å². The quantitative estimate of drug-likeness (QED) is 0.473. The van der Waals surface area contributed by atoms with Gasteiger partial charge in [-0.2, -0.15) is 0 Å². The van der Waals surface area contributed by atoms with Crippen LogP contribution in [-0.2, 0) is 16.0 Å². The van der Waals surface area contributed by atoms with Crippen LogP contribution in [-0.4, -0.2) is 22.8 Å². The first kappa shape index (κ1) is 13.6. The number of carbonyl (C=O) groups excluding carboxylic acids is 2. The van der Waals surface area contributed by atoms with Crippen molar-refractivity contribution < 1.29 is 14.3 Å². The fourth-order valence-electron chi connectivity index (χ4n) is 1.30. The second-order valence-electron chi connectivity index (χ2n) is 4.56. The number of nitrogens with zero attached hydrogens (tertiary/aromatic N) is 1. The van der Waals surface area contributed by atoms with E-state index >= 15 is 0 Å². The van der Waals surface area contributed by atoms with Gasteiger partial charge < -0.3 is 4.74 Å². The second kappa shape index (κ2) is 5.27. The molecule has 0 amide bonds. The number of hydrogen-bond donors (Lipinski definition) is 0. The molecule has 0 unspecified atom stereocenters. The van der Waals surface area contributed by atoms with Gasteiger partial charge in [0.25, 0.3) is 0 Å². The number of carbonyl (C=O) groups is 2. The maximum atomic E-state index is 11.6. The predicted molar refractivity (Wildman–Crippen MR) is 64.2 cm³/mol. The van der Waals surface area contributed by atoms with Gasteiger partial charge in [0.2, 0.25) is 0 Å². The van der Waals surface area contributed by atoms with Crippen molar-refractivity contribution >= 4 is 23.9 Å². The smallest absolute Gasteiger partial charge is 0.310 e. The monoisotopic (exact) mass is 255 g/mol. The summed E-state index contributed by atoms with van der Waals surface area (Å²) in [4.78, 5) is 26.2. The van der Waals surface area contributed by atoms with Crippen LogP contribution < -0.4 is 0 Å². The molecule has 4 nitrogen and oxygen atoms in total. The first-order valence-electron chi connectivity index (χ1n) is 5.14. The first-order chi connectivity index (χ1) is 7.83. The zero-order valence-electron chi connectivity index (χ0n) is 9.99. The Balaban J connectivity index is 2.85. The van der Waals surface area contributed by atoms with Crippen molar-refractivity contribution in [1.29, 1.82) is 0 Å². The zero-order chi connectivity index (χ0) is 13.1. The Hall–Kier alpha value is -1.42. The van der Waals surface area contributed by atoms with Crippen LogP contribution >= 0.6 is 11.6 Å². The molecule has 0 aromatic carbocycles. The number of pyridine rings is 1. The van der Waals surface area contributed by atoms with E-state index in [0.717, 1.165) is 0 Å². The van der Waals surface area contributed by atoms with Gasteiger partial charge in [0.1, 0.15) is 10.8 Å². The lowest BCUT2D eigenvalue weighted by atomic mass is 10.1. The maximum absolute atomic E-state index is 11.6. The van der Waals surface area contributed by atoms with Crippen LogP contribution in [0.1, 0.15) is 36.7 Å². The van der Waals surface area contributed by atoms with E-state index in [1.165, 1.54) is 6.20 Å². The molecule has 92 valence electrons. The Kier molecular flexibility index (Phi) is 4.23. The van der Waals surface area contributed by atoms with E-state index in [0.29, 0.717) is 11.8 Å². The van der Waals surface area contributed by atoms with Crippen LogP contribution in [0.15, 0.2) is 12.3 Å². The minimum absolute atomic E-state index is 0.00752. The molecule has 0 saturated heterocycles. The molecule has 5 heteroatoms. The van der Waals surface area contributed by atoms with E-state index in [-0.39, 0.29) is 17.1 Å². The molecule has 0 aliphatic rings. The molecule has 0 aliphatic carbocycles. The van der Waals surface area contributed by atoms with Crippen LogP contribution in [0.4, 0.5) is 0 Å². The fraction of sp³-hybridized carbons (Fsp3) is 0.417. The molecule has 0 saturated carbocycles. The van der Waals surface area contributed by atoms with Crippen molar-refractivity contribution in [2.75, 3.05) is 0 Å². The van der Waals surface area contributed by atoms with Crippen molar-refractivity contribution in [3.05, 3.63) is 28.5 Å². The maximum Gasteiger partial charge on any atom is 0.310 e. The summed E-state index contributed by atoms with van der Waals surface area (Å²) in [5.41, 5.74) is 0.212. The summed E-state index contributed by atoms with van der Waals surface area (Å²) in [6.45, 7) is 5.35. The number of hydrogen-bond acceptors (Lipinski definition) is 4. The van der Waals surface area contributed by atoms with Gasteiger partial charge in [-0.15, -0.1) is 0 Å².